The van der Waals surface area contributed by atoms with Gasteiger partial charge < -0.3 is 20.6 Å². The van der Waals surface area contributed by atoms with Crippen LogP contribution in [0.5, 0.6) is 5.75 Å². The molecule has 0 aliphatic rings. The maximum Gasteiger partial charge on any atom is 0.119 e. The molecule has 0 aliphatic carbocycles. The smallest absolute Gasteiger partial charge is 0.119 e. The lowest BCUT2D eigenvalue weighted by atomic mass is 10.0. The Kier molecular flexibility index (Phi) is 3.54. The lowest BCUT2D eigenvalue weighted by molar-refractivity contribution is 0.184. The van der Waals surface area contributed by atoms with Gasteiger partial charge in [0, 0.05) is 36.3 Å². The summed E-state index contributed by atoms with van der Waals surface area (Å²) in [6.45, 7) is 0.497. The van der Waals surface area contributed by atoms with Crippen molar-refractivity contribution in [1.29, 1.82) is 0 Å². The number of fused-ring (bicyclic) bond motifs is 1. The fraction of sp³-hybridized carbons (Fsp3) is 0.176. The van der Waals surface area contributed by atoms with Crippen molar-refractivity contribution in [3.63, 3.8) is 0 Å². The third kappa shape index (κ3) is 2.71. The zero-order valence-corrected chi connectivity index (χ0v) is 11.9. The molecule has 0 saturated heterocycles. The molecular weight excluding hydrogens is 264 g/mol. The summed E-state index contributed by atoms with van der Waals surface area (Å²) in [5.74, 6) is 0.294. The summed E-state index contributed by atoms with van der Waals surface area (Å²) in [6.07, 6.45) is 2.62. The van der Waals surface area contributed by atoms with Crippen molar-refractivity contribution in [3.05, 3.63) is 59.3 Å². The molecule has 3 rings (SSSR count). The predicted octanol–water partition coefficient (Wildman–Crippen LogP) is 3.19. The first-order valence-corrected chi connectivity index (χ1v) is 6.82. The van der Waals surface area contributed by atoms with Gasteiger partial charge in [-0.2, -0.15) is 0 Å². The molecule has 0 atom stereocenters. The fourth-order valence-corrected chi connectivity index (χ4v) is 2.56. The number of aromatic nitrogens is 1. The Balaban J connectivity index is 1.93. The van der Waals surface area contributed by atoms with Gasteiger partial charge in [0.25, 0.3) is 0 Å². The number of nitrogens with two attached hydrogens (primary N) is 1. The Morgan fingerprint density at radius 1 is 1.14 bits per heavy atom. The standard InChI is InChI=1S/C17H18N2O2/c1-21-10-11-2-3-12(17(20)6-11)7-13-9-19-16-5-4-14(18)8-15(13)16/h2-6,8-9,19-20H,7,10,18H2,1H3. The molecule has 1 heterocycles. The molecular formula is C17H18N2O2. The molecule has 0 saturated carbocycles. The van der Waals surface area contributed by atoms with E-state index in [1.54, 1.807) is 13.2 Å². The number of anilines is 1. The van der Waals surface area contributed by atoms with E-state index in [0.29, 0.717) is 18.8 Å². The Morgan fingerprint density at radius 2 is 2.00 bits per heavy atom. The van der Waals surface area contributed by atoms with Gasteiger partial charge in [-0.15, -0.1) is 0 Å². The van der Waals surface area contributed by atoms with Crippen molar-refractivity contribution in [3.8, 4) is 5.75 Å². The molecule has 0 radical (unpaired) electrons. The average Bonchev–Trinajstić information content (AvgIpc) is 2.84. The molecule has 1 aromatic heterocycles. The van der Waals surface area contributed by atoms with E-state index in [0.717, 1.165) is 33.3 Å². The largest absolute Gasteiger partial charge is 0.508 e. The molecule has 0 amide bonds. The van der Waals surface area contributed by atoms with Crippen LogP contribution in [0.15, 0.2) is 42.6 Å². The van der Waals surface area contributed by atoms with Crippen molar-refractivity contribution >= 4 is 16.6 Å². The van der Waals surface area contributed by atoms with Gasteiger partial charge in [0.1, 0.15) is 5.75 Å². The molecule has 0 bridgehead atoms. The third-order valence-electron chi connectivity index (χ3n) is 3.63. The molecule has 4 heteroatoms. The van der Waals surface area contributed by atoms with E-state index in [9.17, 15) is 5.11 Å². The lowest BCUT2D eigenvalue weighted by Crippen LogP contribution is -1.92. The minimum absolute atomic E-state index is 0.294. The first-order chi connectivity index (χ1) is 10.2. The van der Waals surface area contributed by atoms with Gasteiger partial charge in [0.05, 0.1) is 6.61 Å². The van der Waals surface area contributed by atoms with Crippen molar-refractivity contribution in [2.45, 2.75) is 13.0 Å². The van der Waals surface area contributed by atoms with Gasteiger partial charge in [-0.05, 0) is 41.0 Å². The van der Waals surface area contributed by atoms with E-state index >= 15 is 0 Å². The number of hydrogen-bond acceptors (Lipinski definition) is 3. The molecule has 0 unspecified atom stereocenters. The predicted molar refractivity (Wildman–Crippen MR) is 84.3 cm³/mol. The molecule has 108 valence electrons. The van der Waals surface area contributed by atoms with Gasteiger partial charge in [-0.1, -0.05) is 12.1 Å². The second-order valence-corrected chi connectivity index (χ2v) is 5.19. The Morgan fingerprint density at radius 3 is 2.76 bits per heavy atom. The summed E-state index contributed by atoms with van der Waals surface area (Å²) < 4.78 is 5.07. The Hall–Kier alpha value is -2.46. The summed E-state index contributed by atoms with van der Waals surface area (Å²) >= 11 is 0. The minimum atomic E-state index is 0.294. The summed E-state index contributed by atoms with van der Waals surface area (Å²) in [5.41, 5.74) is 10.6. The fourth-order valence-electron chi connectivity index (χ4n) is 2.56. The first-order valence-electron chi connectivity index (χ1n) is 6.82. The monoisotopic (exact) mass is 282 g/mol. The van der Waals surface area contributed by atoms with Crippen LogP contribution in [0.25, 0.3) is 10.9 Å². The van der Waals surface area contributed by atoms with E-state index in [1.807, 2.05) is 36.5 Å². The van der Waals surface area contributed by atoms with Crippen LogP contribution < -0.4 is 5.73 Å². The highest BCUT2D eigenvalue weighted by molar-refractivity contribution is 5.86. The number of nitrogen functional groups attached to an aromatic ring is 1. The SMILES string of the molecule is COCc1ccc(Cc2c[nH]c3ccc(N)cc23)c(O)c1. The summed E-state index contributed by atoms with van der Waals surface area (Å²) in [6, 6.07) is 11.5. The summed E-state index contributed by atoms with van der Waals surface area (Å²) in [7, 11) is 1.64. The van der Waals surface area contributed by atoms with Gasteiger partial charge in [0.15, 0.2) is 0 Å². The van der Waals surface area contributed by atoms with E-state index in [-0.39, 0.29) is 0 Å². The van der Waals surface area contributed by atoms with Crippen LogP contribution in [0.3, 0.4) is 0 Å². The molecule has 4 N–H and O–H groups in total. The van der Waals surface area contributed by atoms with Gasteiger partial charge >= 0.3 is 0 Å². The molecule has 0 aliphatic heterocycles. The zero-order chi connectivity index (χ0) is 14.8. The summed E-state index contributed by atoms with van der Waals surface area (Å²) in [4.78, 5) is 3.23. The number of H-pyrrole nitrogens is 1. The maximum absolute atomic E-state index is 10.2. The van der Waals surface area contributed by atoms with Gasteiger partial charge in [-0.25, -0.2) is 0 Å². The second-order valence-electron chi connectivity index (χ2n) is 5.19. The molecule has 21 heavy (non-hydrogen) atoms. The van der Waals surface area contributed by atoms with E-state index in [1.165, 1.54) is 0 Å². The number of nitrogens with one attached hydrogen (secondary N) is 1. The van der Waals surface area contributed by atoms with E-state index < -0.39 is 0 Å². The van der Waals surface area contributed by atoms with Crippen LogP contribution in [0.4, 0.5) is 5.69 Å². The number of hydrogen-bond donors (Lipinski definition) is 3. The highest BCUT2D eigenvalue weighted by atomic mass is 16.5. The number of phenolic OH excluding ortho intramolecular Hbond substituents is 1. The van der Waals surface area contributed by atoms with Crippen molar-refractivity contribution in [2.24, 2.45) is 0 Å². The van der Waals surface area contributed by atoms with Crippen LogP contribution in [-0.4, -0.2) is 17.2 Å². The second kappa shape index (κ2) is 5.50. The van der Waals surface area contributed by atoms with Crippen LogP contribution in [0.1, 0.15) is 16.7 Å². The number of ether oxygens (including phenoxy) is 1. The number of phenols is 1. The van der Waals surface area contributed by atoms with Gasteiger partial charge in [0.2, 0.25) is 0 Å². The number of rotatable bonds is 4. The maximum atomic E-state index is 10.2. The highest BCUT2D eigenvalue weighted by Gasteiger charge is 2.08. The van der Waals surface area contributed by atoms with Crippen molar-refractivity contribution < 1.29 is 9.84 Å². The molecule has 3 aromatic rings. The minimum Gasteiger partial charge on any atom is -0.508 e. The third-order valence-corrected chi connectivity index (χ3v) is 3.63. The molecule has 2 aromatic carbocycles. The van der Waals surface area contributed by atoms with Crippen LogP contribution >= 0.6 is 0 Å². The Bertz CT molecular complexity index is 778. The normalized spacial score (nSPS) is 11.1. The first kappa shape index (κ1) is 13.5. The molecule has 4 nitrogen and oxygen atoms in total. The number of aromatic hydroxyl groups is 1. The highest BCUT2D eigenvalue weighted by Crippen LogP contribution is 2.27. The molecule has 0 fully saturated rings. The van der Waals surface area contributed by atoms with Crippen LogP contribution in [0.2, 0.25) is 0 Å². The van der Waals surface area contributed by atoms with Crippen LogP contribution in [0, 0.1) is 0 Å². The zero-order valence-electron chi connectivity index (χ0n) is 11.9. The number of benzene rings is 2. The number of aromatic amines is 1. The quantitative estimate of drug-likeness (QED) is 0.643. The van der Waals surface area contributed by atoms with Crippen molar-refractivity contribution in [1.82, 2.24) is 4.98 Å². The van der Waals surface area contributed by atoms with Crippen LogP contribution in [-0.2, 0) is 17.8 Å². The number of methoxy groups -OCH3 is 1. The average molecular weight is 282 g/mol. The van der Waals surface area contributed by atoms with Gasteiger partial charge in [-0.3, -0.25) is 0 Å². The van der Waals surface area contributed by atoms with E-state index in [4.69, 9.17) is 10.5 Å². The lowest BCUT2D eigenvalue weighted by Gasteiger charge is -2.07. The summed E-state index contributed by atoms with van der Waals surface area (Å²) in [5, 5.41) is 11.2. The van der Waals surface area contributed by atoms with Crippen molar-refractivity contribution in [2.75, 3.05) is 12.8 Å². The van der Waals surface area contributed by atoms with E-state index in [2.05, 4.69) is 4.98 Å². The Labute approximate surface area is 123 Å². The molecule has 0 spiro atoms. The topological polar surface area (TPSA) is 71.3 Å².